The van der Waals surface area contributed by atoms with Crippen LogP contribution in [0.4, 0.5) is 5.69 Å². The molecule has 1 aromatic heterocycles. The Morgan fingerprint density at radius 3 is 2.42 bits per heavy atom. The Bertz CT molecular complexity index is 917. The van der Waals surface area contributed by atoms with Crippen molar-refractivity contribution in [2.45, 2.75) is 76.9 Å². The predicted octanol–water partition coefficient (Wildman–Crippen LogP) is 5.35. The Kier molecular flexibility index (Phi) is 5.84. The maximum Gasteiger partial charge on any atom is 0.234 e. The fourth-order valence-corrected chi connectivity index (χ4v) is 7.80. The molecule has 0 radical (unpaired) electrons. The highest BCUT2D eigenvalue weighted by Gasteiger charge is 2.51. The van der Waals surface area contributed by atoms with Gasteiger partial charge in [0.2, 0.25) is 5.91 Å². The molecule has 6 heteroatoms. The molecule has 4 aliphatic carbocycles. The number of para-hydroxylation sites is 1. The van der Waals surface area contributed by atoms with E-state index in [4.69, 9.17) is 0 Å². The van der Waals surface area contributed by atoms with E-state index >= 15 is 0 Å². The average Bonchev–Trinajstić information content (AvgIpc) is 3.12. The minimum Gasteiger partial charge on any atom is -0.325 e. The molecule has 4 fully saturated rings. The summed E-state index contributed by atoms with van der Waals surface area (Å²) in [5.74, 6) is 4.35. The molecule has 166 valence electrons. The van der Waals surface area contributed by atoms with Gasteiger partial charge in [-0.25, -0.2) is 0 Å². The molecule has 5 nitrogen and oxygen atoms in total. The summed E-state index contributed by atoms with van der Waals surface area (Å²) in [5, 5.41) is 13.0. The first kappa shape index (κ1) is 21.0. The summed E-state index contributed by atoms with van der Waals surface area (Å²) in [6.07, 6.45) is 10.5. The van der Waals surface area contributed by atoms with Crippen molar-refractivity contribution in [3.05, 3.63) is 35.7 Å². The molecule has 1 amide bonds. The van der Waals surface area contributed by atoms with Crippen LogP contribution >= 0.6 is 11.8 Å². The molecule has 4 saturated carbocycles. The van der Waals surface area contributed by atoms with Crippen LogP contribution in [0.1, 0.15) is 63.8 Å². The van der Waals surface area contributed by atoms with Gasteiger partial charge < -0.3 is 9.88 Å². The highest BCUT2D eigenvalue weighted by molar-refractivity contribution is 7.99. The lowest BCUT2D eigenvalue weighted by atomic mass is 9.49. The lowest BCUT2D eigenvalue weighted by molar-refractivity contribution is -0.113. The largest absolute Gasteiger partial charge is 0.325 e. The fourth-order valence-electron chi connectivity index (χ4n) is 6.98. The second-order valence-corrected chi connectivity index (χ2v) is 11.0. The molecule has 0 aliphatic heterocycles. The Morgan fingerprint density at radius 2 is 1.77 bits per heavy atom. The minimum absolute atomic E-state index is 0.0131. The maximum absolute atomic E-state index is 12.6. The third-order valence-corrected chi connectivity index (χ3v) is 8.78. The lowest BCUT2D eigenvalue weighted by Gasteiger charge is -2.56. The van der Waals surface area contributed by atoms with Gasteiger partial charge in [-0.3, -0.25) is 4.79 Å². The molecular weight excluding hydrogens is 404 g/mol. The smallest absolute Gasteiger partial charge is 0.234 e. The van der Waals surface area contributed by atoms with Crippen molar-refractivity contribution in [1.29, 1.82) is 0 Å². The van der Waals surface area contributed by atoms with E-state index in [2.05, 4.69) is 40.0 Å². The highest BCUT2D eigenvalue weighted by Crippen LogP contribution is 2.61. The predicted molar refractivity (Wildman–Crippen MR) is 125 cm³/mol. The Morgan fingerprint density at radius 1 is 1.10 bits per heavy atom. The van der Waals surface area contributed by atoms with Crippen molar-refractivity contribution in [2.75, 3.05) is 11.1 Å². The standard InChI is InChI=1S/C25H34N4OS/c1-3-20-7-5-6-8-21(20)26-23(30)16-31-24-28-27-22(29(24)4-2)15-25-12-17-9-18(13-25)11-19(10-17)14-25/h5-8,17-19H,3-4,9-16H2,1-2H3,(H,26,30). The Hall–Kier alpha value is -1.82. The fraction of sp³-hybridized carbons (Fsp3) is 0.640. The number of carbonyl (C=O) groups is 1. The molecule has 0 spiro atoms. The van der Waals surface area contributed by atoms with Crippen LogP contribution in [0.2, 0.25) is 0 Å². The molecule has 1 aromatic carbocycles. The second-order valence-electron chi connectivity index (χ2n) is 10.1. The summed E-state index contributed by atoms with van der Waals surface area (Å²) >= 11 is 1.50. The van der Waals surface area contributed by atoms with E-state index < -0.39 is 0 Å². The first-order valence-electron chi connectivity index (χ1n) is 12.0. The SMILES string of the molecule is CCc1ccccc1NC(=O)CSc1nnc(CC23CC4CC(CC(C4)C2)C3)n1CC. The number of amides is 1. The quantitative estimate of drug-likeness (QED) is 0.565. The number of anilines is 1. The van der Waals surface area contributed by atoms with Crippen LogP contribution in [0, 0.1) is 23.2 Å². The molecular formula is C25H34N4OS. The van der Waals surface area contributed by atoms with Gasteiger partial charge in [0.25, 0.3) is 0 Å². The summed E-state index contributed by atoms with van der Waals surface area (Å²) in [7, 11) is 0. The van der Waals surface area contributed by atoms with Crippen LogP contribution in [0.5, 0.6) is 0 Å². The van der Waals surface area contributed by atoms with Crippen molar-refractivity contribution < 1.29 is 4.79 Å². The maximum atomic E-state index is 12.6. The normalized spacial score (nSPS) is 28.8. The van der Waals surface area contributed by atoms with Crippen molar-refractivity contribution in [2.24, 2.45) is 23.2 Å². The van der Waals surface area contributed by atoms with Gasteiger partial charge >= 0.3 is 0 Å². The van der Waals surface area contributed by atoms with Gasteiger partial charge in [0.15, 0.2) is 5.16 Å². The zero-order chi connectivity index (χ0) is 21.4. The van der Waals surface area contributed by atoms with E-state index in [-0.39, 0.29) is 5.91 Å². The number of rotatable bonds is 8. The van der Waals surface area contributed by atoms with E-state index in [9.17, 15) is 4.79 Å². The molecule has 31 heavy (non-hydrogen) atoms. The first-order valence-corrected chi connectivity index (χ1v) is 13.0. The Balaban J connectivity index is 1.24. The van der Waals surface area contributed by atoms with Crippen LogP contribution in [-0.2, 0) is 24.2 Å². The molecule has 0 atom stereocenters. The topological polar surface area (TPSA) is 59.8 Å². The number of thioether (sulfide) groups is 1. The van der Waals surface area contributed by atoms with Crippen molar-refractivity contribution in [1.82, 2.24) is 14.8 Å². The molecule has 4 aliphatic rings. The molecule has 4 bridgehead atoms. The highest BCUT2D eigenvalue weighted by atomic mass is 32.2. The average molecular weight is 439 g/mol. The van der Waals surface area contributed by atoms with Gasteiger partial charge in [-0.2, -0.15) is 0 Å². The molecule has 2 aromatic rings. The number of nitrogens with zero attached hydrogens (tertiary/aromatic N) is 3. The Labute approximate surface area is 189 Å². The number of hydrogen-bond acceptors (Lipinski definition) is 4. The van der Waals surface area contributed by atoms with Crippen LogP contribution in [0.15, 0.2) is 29.4 Å². The van der Waals surface area contributed by atoms with Gasteiger partial charge in [0.05, 0.1) is 5.75 Å². The summed E-state index contributed by atoms with van der Waals surface area (Å²) in [6, 6.07) is 8.01. The zero-order valence-corrected chi connectivity index (χ0v) is 19.6. The van der Waals surface area contributed by atoms with Crippen LogP contribution in [-0.4, -0.2) is 26.4 Å². The first-order chi connectivity index (χ1) is 15.1. The molecule has 0 saturated heterocycles. The summed E-state index contributed by atoms with van der Waals surface area (Å²) in [4.78, 5) is 12.6. The van der Waals surface area contributed by atoms with Gasteiger partial charge in [-0.1, -0.05) is 36.9 Å². The van der Waals surface area contributed by atoms with E-state index in [1.54, 1.807) is 0 Å². The van der Waals surface area contributed by atoms with E-state index in [1.807, 2.05) is 18.2 Å². The van der Waals surface area contributed by atoms with Gasteiger partial charge in [0.1, 0.15) is 5.82 Å². The number of aryl methyl sites for hydroxylation is 1. The number of benzene rings is 1. The van der Waals surface area contributed by atoms with Crippen LogP contribution in [0.25, 0.3) is 0 Å². The summed E-state index contributed by atoms with van der Waals surface area (Å²) in [6.45, 7) is 5.13. The van der Waals surface area contributed by atoms with E-state index in [0.29, 0.717) is 11.2 Å². The lowest BCUT2D eigenvalue weighted by Crippen LogP contribution is -2.47. The number of aromatic nitrogens is 3. The summed E-state index contributed by atoms with van der Waals surface area (Å²) < 4.78 is 2.25. The molecule has 1 heterocycles. The van der Waals surface area contributed by atoms with Gasteiger partial charge in [-0.15, -0.1) is 10.2 Å². The second kappa shape index (κ2) is 8.61. The monoisotopic (exact) mass is 438 g/mol. The number of carbonyl (C=O) groups excluding carboxylic acids is 1. The van der Waals surface area contributed by atoms with Crippen molar-refractivity contribution in [3.63, 3.8) is 0 Å². The molecule has 6 rings (SSSR count). The van der Waals surface area contributed by atoms with E-state index in [0.717, 1.165) is 59.4 Å². The number of hydrogen-bond donors (Lipinski definition) is 1. The zero-order valence-electron chi connectivity index (χ0n) is 18.8. The number of nitrogens with one attached hydrogen (secondary N) is 1. The molecule has 1 N–H and O–H groups in total. The van der Waals surface area contributed by atoms with Crippen LogP contribution in [0.3, 0.4) is 0 Å². The van der Waals surface area contributed by atoms with Crippen LogP contribution < -0.4 is 5.32 Å². The van der Waals surface area contributed by atoms with E-state index in [1.165, 1.54) is 50.3 Å². The third-order valence-electron chi connectivity index (χ3n) is 7.81. The summed E-state index contributed by atoms with van der Waals surface area (Å²) in [5.41, 5.74) is 2.53. The minimum atomic E-state index is 0.0131. The van der Waals surface area contributed by atoms with Gasteiger partial charge in [-0.05, 0) is 86.7 Å². The van der Waals surface area contributed by atoms with Gasteiger partial charge in [0, 0.05) is 18.7 Å². The molecule has 0 unspecified atom stereocenters. The van der Waals surface area contributed by atoms with Crippen molar-refractivity contribution in [3.8, 4) is 0 Å². The third kappa shape index (κ3) is 4.28. The van der Waals surface area contributed by atoms with Crippen molar-refractivity contribution >= 4 is 23.4 Å².